The lowest BCUT2D eigenvalue weighted by Crippen LogP contribution is -2.24. The summed E-state index contributed by atoms with van der Waals surface area (Å²) in [5.41, 5.74) is 5.61. The van der Waals surface area contributed by atoms with Crippen molar-refractivity contribution < 1.29 is 9.53 Å². The van der Waals surface area contributed by atoms with Crippen LogP contribution in [0.1, 0.15) is 16.7 Å². The van der Waals surface area contributed by atoms with Gasteiger partial charge in [0.25, 0.3) is 5.91 Å². The zero-order valence-electron chi connectivity index (χ0n) is 14.3. The number of hydrogen-bond donors (Lipinski definition) is 1. The zero-order chi connectivity index (χ0) is 17.6. The van der Waals surface area contributed by atoms with E-state index in [1.54, 1.807) is 6.21 Å². The Balaban J connectivity index is 1.54. The summed E-state index contributed by atoms with van der Waals surface area (Å²) < 4.78 is 5.50. The molecule has 0 heterocycles. The minimum absolute atomic E-state index is 0.0715. The van der Waals surface area contributed by atoms with Gasteiger partial charge < -0.3 is 4.74 Å². The van der Waals surface area contributed by atoms with Gasteiger partial charge in [0, 0.05) is 0 Å². The maximum Gasteiger partial charge on any atom is 0.277 e. The highest BCUT2D eigenvalue weighted by Gasteiger charge is 2.02. The van der Waals surface area contributed by atoms with E-state index in [1.807, 2.05) is 62.4 Å². The van der Waals surface area contributed by atoms with Crippen molar-refractivity contribution in [3.8, 4) is 5.75 Å². The number of carbonyl (C=O) groups is 1. The molecule has 3 aromatic carbocycles. The third-order valence-electron chi connectivity index (χ3n) is 3.74. The number of nitrogens with one attached hydrogen (secondary N) is 1. The second-order valence-corrected chi connectivity index (χ2v) is 6.01. The molecule has 0 saturated carbocycles. The van der Waals surface area contributed by atoms with Crippen LogP contribution in [0.4, 0.5) is 0 Å². The third-order valence-corrected chi connectivity index (χ3v) is 3.74. The first-order valence-corrected chi connectivity index (χ1v) is 8.12. The molecule has 0 bridgehead atoms. The predicted octanol–water partition coefficient (Wildman–Crippen LogP) is 3.99. The van der Waals surface area contributed by atoms with E-state index in [1.165, 1.54) is 5.39 Å². The number of ether oxygens (including phenoxy) is 1. The molecule has 25 heavy (non-hydrogen) atoms. The molecule has 0 spiro atoms. The normalized spacial score (nSPS) is 11.0. The van der Waals surface area contributed by atoms with Gasteiger partial charge in [-0.15, -0.1) is 0 Å². The molecule has 0 radical (unpaired) electrons. The topological polar surface area (TPSA) is 50.7 Å². The number of rotatable bonds is 5. The third kappa shape index (κ3) is 4.67. The fraction of sp³-hybridized carbons (Fsp3) is 0.143. The summed E-state index contributed by atoms with van der Waals surface area (Å²) in [7, 11) is 0. The average Bonchev–Trinajstić information content (AvgIpc) is 2.59. The van der Waals surface area contributed by atoms with E-state index in [-0.39, 0.29) is 12.5 Å². The van der Waals surface area contributed by atoms with E-state index in [2.05, 4.69) is 22.7 Å². The molecule has 0 saturated heterocycles. The van der Waals surface area contributed by atoms with E-state index in [0.29, 0.717) is 5.75 Å². The molecule has 3 aromatic rings. The Morgan fingerprint density at radius 2 is 1.72 bits per heavy atom. The van der Waals surface area contributed by atoms with Crippen molar-refractivity contribution in [1.29, 1.82) is 0 Å². The number of hydrazone groups is 1. The minimum Gasteiger partial charge on any atom is -0.484 e. The van der Waals surface area contributed by atoms with Crippen LogP contribution in [0.15, 0.2) is 65.8 Å². The van der Waals surface area contributed by atoms with Crippen molar-refractivity contribution in [3.05, 3.63) is 77.4 Å². The van der Waals surface area contributed by atoms with Crippen LogP contribution in [0.25, 0.3) is 10.8 Å². The van der Waals surface area contributed by atoms with Crippen LogP contribution in [-0.4, -0.2) is 18.7 Å². The largest absolute Gasteiger partial charge is 0.484 e. The summed E-state index contributed by atoms with van der Waals surface area (Å²) in [6.45, 7) is 3.92. The number of fused-ring (bicyclic) bond motifs is 1. The molecule has 3 rings (SSSR count). The smallest absolute Gasteiger partial charge is 0.277 e. The van der Waals surface area contributed by atoms with Gasteiger partial charge in [0.15, 0.2) is 6.61 Å². The van der Waals surface area contributed by atoms with E-state index in [4.69, 9.17) is 4.74 Å². The van der Waals surface area contributed by atoms with Crippen molar-refractivity contribution in [1.82, 2.24) is 5.43 Å². The van der Waals surface area contributed by atoms with Crippen LogP contribution in [-0.2, 0) is 4.79 Å². The van der Waals surface area contributed by atoms with E-state index in [0.717, 1.165) is 22.1 Å². The summed E-state index contributed by atoms with van der Waals surface area (Å²) >= 11 is 0. The zero-order valence-corrected chi connectivity index (χ0v) is 14.3. The Morgan fingerprint density at radius 3 is 2.48 bits per heavy atom. The highest BCUT2D eigenvalue weighted by Crippen LogP contribution is 2.16. The van der Waals surface area contributed by atoms with Gasteiger partial charge in [-0.3, -0.25) is 4.79 Å². The summed E-state index contributed by atoms with van der Waals surface area (Å²) in [6.07, 6.45) is 1.63. The van der Waals surface area contributed by atoms with E-state index < -0.39 is 0 Å². The molecule has 0 aliphatic heterocycles. The van der Waals surface area contributed by atoms with Gasteiger partial charge in [0.2, 0.25) is 0 Å². The summed E-state index contributed by atoms with van der Waals surface area (Å²) in [4.78, 5) is 11.8. The molecule has 0 fully saturated rings. The second-order valence-electron chi connectivity index (χ2n) is 6.01. The van der Waals surface area contributed by atoms with Gasteiger partial charge >= 0.3 is 0 Å². The van der Waals surface area contributed by atoms with Crippen molar-refractivity contribution in [2.24, 2.45) is 5.10 Å². The Hall–Kier alpha value is -3.14. The molecular formula is C21H20N2O2. The minimum atomic E-state index is -0.295. The summed E-state index contributed by atoms with van der Waals surface area (Å²) in [5.74, 6) is 0.391. The maximum atomic E-state index is 11.8. The van der Waals surface area contributed by atoms with Gasteiger partial charge in [-0.25, -0.2) is 5.43 Å². The van der Waals surface area contributed by atoms with Gasteiger partial charge in [-0.2, -0.15) is 5.10 Å². The second kappa shape index (κ2) is 7.62. The first-order valence-electron chi connectivity index (χ1n) is 8.12. The molecule has 1 amide bonds. The summed E-state index contributed by atoms with van der Waals surface area (Å²) in [5, 5.41) is 6.30. The molecule has 0 atom stereocenters. The van der Waals surface area contributed by atoms with Crippen LogP contribution < -0.4 is 10.2 Å². The lowest BCUT2D eigenvalue weighted by Gasteiger charge is -2.07. The number of benzene rings is 3. The molecule has 0 unspecified atom stereocenters. The predicted molar refractivity (Wildman–Crippen MR) is 101 cm³/mol. The molecule has 4 heteroatoms. The molecule has 126 valence electrons. The highest BCUT2D eigenvalue weighted by atomic mass is 16.5. The van der Waals surface area contributed by atoms with Crippen LogP contribution in [0, 0.1) is 13.8 Å². The van der Waals surface area contributed by atoms with Crippen molar-refractivity contribution >= 4 is 22.9 Å². The molecule has 0 aliphatic rings. The van der Waals surface area contributed by atoms with Crippen LogP contribution >= 0.6 is 0 Å². The number of amides is 1. The number of hydrogen-bond acceptors (Lipinski definition) is 3. The van der Waals surface area contributed by atoms with Crippen molar-refractivity contribution in [2.45, 2.75) is 13.8 Å². The van der Waals surface area contributed by atoms with Crippen LogP contribution in [0.2, 0.25) is 0 Å². The number of nitrogens with zero attached hydrogens (tertiary/aromatic N) is 1. The summed E-state index contributed by atoms with van der Waals surface area (Å²) in [6, 6.07) is 20.0. The fourth-order valence-electron chi connectivity index (χ4n) is 2.66. The van der Waals surface area contributed by atoms with Crippen LogP contribution in [0.5, 0.6) is 5.75 Å². The Morgan fingerprint density at radius 1 is 1.00 bits per heavy atom. The Kier molecular flexibility index (Phi) is 5.09. The Bertz CT molecular complexity index is 912. The van der Waals surface area contributed by atoms with E-state index >= 15 is 0 Å². The SMILES string of the molecule is Cc1cc(C)cc(OCC(=O)NN=Cc2ccc3ccccc3c2)c1. The quantitative estimate of drug-likeness (QED) is 0.567. The van der Waals surface area contributed by atoms with E-state index in [9.17, 15) is 4.79 Å². The molecule has 0 aliphatic carbocycles. The average molecular weight is 332 g/mol. The number of carbonyl (C=O) groups excluding carboxylic acids is 1. The maximum absolute atomic E-state index is 11.8. The first kappa shape index (κ1) is 16.7. The number of aryl methyl sites for hydroxylation is 2. The molecule has 1 N–H and O–H groups in total. The fourth-order valence-corrected chi connectivity index (χ4v) is 2.66. The lowest BCUT2D eigenvalue weighted by molar-refractivity contribution is -0.123. The standard InChI is InChI=1S/C21H20N2O2/c1-15-9-16(2)11-20(10-15)25-14-21(24)23-22-13-17-7-8-18-5-3-4-6-19(18)12-17/h3-13H,14H2,1-2H3,(H,23,24). The van der Waals surface area contributed by atoms with Gasteiger partial charge in [0.1, 0.15) is 5.75 Å². The van der Waals surface area contributed by atoms with Gasteiger partial charge in [-0.05, 0) is 59.5 Å². The van der Waals surface area contributed by atoms with Crippen LogP contribution in [0.3, 0.4) is 0 Å². The van der Waals surface area contributed by atoms with Crippen molar-refractivity contribution in [3.63, 3.8) is 0 Å². The monoisotopic (exact) mass is 332 g/mol. The Labute approximate surface area is 147 Å². The molecular weight excluding hydrogens is 312 g/mol. The molecule has 4 nitrogen and oxygen atoms in total. The van der Waals surface area contributed by atoms with Gasteiger partial charge in [0.05, 0.1) is 6.21 Å². The first-order chi connectivity index (χ1) is 12.1. The lowest BCUT2D eigenvalue weighted by atomic mass is 10.1. The highest BCUT2D eigenvalue weighted by molar-refractivity contribution is 5.90. The van der Waals surface area contributed by atoms with Crippen molar-refractivity contribution in [2.75, 3.05) is 6.61 Å². The van der Waals surface area contributed by atoms with Gasteiger partial charge in [-0.1, -0.05) is 42.5 Å². The molecule has 0 aromatic heterocycles.